The van der Waals surface area contributed by atoms with Crippen molar-refractivity contribution in [1.29, 1.82) is 0 Å². The monoisotopic (exact) mass is 309 g/mol. The van der Waals surface area contributed by atoms with E-state index in [-0.39, 0.29) is 11.9 Å². The normalized spacial score (nSPS) is 12.2. The molecule has 1 aromatic heterocycles. The van der Waals surface area contributed by atoms with Crippen molar-refractivity contribution < 1.29 is 9.32 Å². The predicted molar refractivity (Wildman–Crippen MR) is 69.1 cm³/mol. The largest absolute Gasteiger partial charge is 0.340 e. The molecule has 0 saturated heterocycles. The number of hydrogen-bond donors (Lipinski definition) is 1. The number of aromatic nitrogens is 2. The maximum atomic E-state index is 12.0. The minimum Gasteiger partial charge on any atom is -0.340 e. The third kappa shape index (κ3) is 2.76. The first-order chi connectivity index (χ1) is 8.58. The van der Waals surface area contributed by atoms with Crippen molar-refractivity contribution >= 4 is 21.8 Å². The van der Waals surface area contributed by atoms with Gasteiger partial charge in [0.05, 0.1) is 5.56 Å². The number of benzene rings is 1. The van der Waals surface area contributed by atoms with E-state index < -0.39 is 0 Å². The van der Waals surface area contributed by atoms with Crippen LogP contribution in [0.3, 0.4) is 0 Å². The summed E-state index contributed by atoms with van der Waals surface area (Å²) in [6.07, 6.45) is 0. The molecule has 0 aliphatic carbocycles. The van der Waals surface area contributed by atoms with Gasteiger partial charge in [0.25, 0.3) is 5.91 Å². The Morgan fingerprint density at radius 2 is 2.17 bits per heavy atom. The Morgan fingerprint density at radius 3 is 2.78 bits per heavy atom. The van der Waals surface area contributed by atoms with E-state index in [0.717, 1.165) is 4.47 Å². The molecule has 1 atom stereocenters. The number of hydrogen-bond acceptors (Lipinski definition) is 4. The average molecular weight is 310 g/mol. The lowest BCUT2D eigenvalue weighted by Crippen LogP contribution is -2.27. The van der Waals surface area contributed by atoms with Gasteiger partial charge >= 0.3 is 0 Å². The van der Waals surface area contributed by atoms with E-state index in [9.17, 15) is 4.79 Å². The number of aryl methyl sites for hydroxylation is 1. The van der Waals surface area contributed by atoms with Crippen LogP contribution in [0.1, 0.15) is 35.0 Å². The van der Waals surface area contributed by atoms with Crippen LogP contribution in [-0.2, 0) is 0 Å². The van der Waals surface area contributed by atoms with Crippen LogP contribution in [0.4, 0.5) is 0 Å². The number of amides is 1. The summed E-state index contributed by atoms with van der Waals surface area (Å²) < 4.78 is 5.75. The Kier molecular flexibility index (Phi) is 3.76. The molecule has 0 spiro atoms. The third-order valence-electron chi connectivity index (χ3n) is 2.38. The second-order valence-electron chi connectivity index (χ2n) is 3.85. The van der Waals surface area contributed by atoms with Crippen LogP contribution < -0.4 is 5.32 Å². The molecule has 1 N–H and O–H groups in total. The molecule has 0 fully saturated rings. The van der Waals surface area contributed by atoms with Crippen molar-refractivity contribution in [2.45, 2.75) is 19.9 Å². The molecule has 6 heteroatoms. The number of halogens is 1. The van der Waals surface area contributed by atoms with Crippen molar-refractivity contribution in [2.24, 2.45) is 0 Å². The summed E-state index contributed by atoms with van der Waals surface area (Å²) >= 11 is 3.33. The van der Waals surface area contributed by atoms with Crippen LogP contribution in [0.5, 0.6) is 0 Å². The zero-order valence-corrected chi connectivity index (χ0v) is 11.6. The van der Waals surface area contributed by atoms with Gasteiger partial charge in [-0.1, -0.05) is 17.3 Å². The van der Waals surface area contributed by atoms with Gasteiger partial charge in [0.1, 0.15) is 6.04 Å². The van der Waals surface area contributed by atoms with Crippen molar-refractivity contribution in [2.75, 3.05) is 0 Å². The lowest BCUT2D eigenvalue weighted by atomic mass is 10.2. The van der Waals surface area contributed by atoms with Gasteiger partial charge in [-0.05, 0) is 41.9 Å². The van der Waals surface area contributed by atoms with Gasteiger partial charge in [0, 0.05) is 4.47 Å². The molecular weight excluding hydrogens is 298 g/mol. The topological polar surface area (TPSA) is 68.0 Å². The van der Waals surface area contributed by atoms with Crippen LogP contribution in [0.15, 0.2) is 33.3 Å². The fraction of sp³-hybridized carbons (Fsp3) is 0.250. The Balaban J connectivity index is 2.10. The number of nitrogens with zero attached hydrogens (tertiary/aromatic N) is 2. The van der Waals surface area contributed by atoms with Gasteiger partial charge < -0.3 is 9.84 Å². The summed E-state index contributed by atoms with van der Waals surface area (Å²) in [7, 11) is 0. The maximum Gasteiger partial charge on any atom is 0.253 e. The molecule has 2 aromatic rings. The van der Waals surface area contributed by atoms with E-state index in [1.54, 1.807) is 26.0 Å². The SMILES string of the molecule is Cc1noc(C(C)NC(=O)c2ccccc2Br)n1. The Morgan fingerprint density at radius 1 is 1.44 bits per heavy atom. The first-order valence-corrected chi connectivity index (χ1v) is 6.23. The summed E-state index contributed by atoms with van der Waals surface area (Å²) in [4.78, 5) is 16.1. The van der Waals surface area contributed by atoms with Gasteiger partial charge in [0.2, 0.25) is 5.89 Å². The highest BCUT2D eigenvalue weighted by molar-refractivity contribution is 9.10. The van der Waals surface area contributed by atoms with Gasteiger partial charge in [-0.2, -0.15) is 4.98 Å². The fourth-order valence-electron chi connectivity index (χ4n) is 1.47. The minimum absolute atomic E-state index is 0.189. The highest BCUT2D eigenvalue weighted by atomic mass is 79.9. The number of rotatable bonds is 3. The number of carbonyl (C=O) groups is 1. The molecule has 2 rings (SSSR count). The van der Waals surface area contributed by atoms with E-state index in [2.05, 4.69) is 31.4 Å². The summed E-state index contributed by atoms with van der Waals surface area (Å²) in [5, 5.41) is 6.49. The van der Waals surface area contributed by atoms with Gasteiger partial charge in [0.15, 0.2) is 5.82 Å². The molecule has 1 amide bonds. The van der Waals surface area contributed by atoms with Crippen molar-refractivity contribution in [3.8, 4) is 0 Å². The van der Waals surface area contributed by atoms with Crippen molar-refractivity contribution in [1.82, 2.24) is 15.5 Å². The number of carbonyl (C=O) groups excluding carboxylic acids is 1. The van der Waals surface area contributed by atoms with Crippen LogP contribution >= 0.6 is 15.9 Å². The summed E-state index contributed by atoms with van der Waals surface area (Å²) in [6, 6.07) is 6.89. The molecule has 5 nitrogen and oxygen atoms in total. The second-order valence-corrected chi connectivity index (χ2v) is 4.71. The van der Waals surface area contributed by atoms with Gasteiger partial charge in [-0.25, -0.2) is 0 Å². The molecule has 18 heavy (non-hydrogen) atoms. The van der Waals surface area contributed by atoms with Crippen LogP contribution in [0, 0.1) is 6.92 Å². The maximum absolute atomic E-state index is 12.0. The smallest absolute Gasteiger partial charge is 0.253 e. The van der Waals surface area contributed by atoms with E-state index in [4.69, 9.17) is 4.52 Å². The Hall–Kier alpha value is -1.69. The second kappa shape index (κ2) is 5.30. The molecular formula is C12H12BrN3O2. The molecule has 1 heterocycles. The van der Waals surface area contributed by atoms with Crippen LogP contribution in [0.2, 0.25) is 0 Å². The van der Waals surface area contributed by atoms with E-state index in [1.807, 2.05) is 12.1 Å². The standard InChI is InChI=1S/C12H12BrN3O2/c1-7(12-15-8(2)16-18-12)14-11(17)9-5-3-4-6-10(9)13/h3-7H,1-2H3,(H,14,17). The molecule has 0 bridgehead atoms. The average Bonchev–Trinajstić information content (AvgIpc) is 2.76. The summed E-state index contributed by atoms with van der Waals surface area (Å²) in [5.41, 5.74) is 0.570. The molecule has 94 valence electrons. The van der Waals surface area contributed by atoms with Crippen molar-refractivity contribution in [3.05, 3.63) is 46.0 Å². The molecule has 1 aromatic carbocycles. The first kappa shape index (κ1) is 12.8. The lowest BCUT2D eigenvalue weighted by Gasteiger charge is -2.10. The fourth-order valence-corrected chi connectivity index (χ4v) is 1.94. The zero-order valence-electron chi connectivity index (χ0n) is 9.98. The Labute approximate surface area is 113 Å². The van der Waals surface area contributed by atoms with Crippen molar-refractivity contribution in [3.63, 3.8) is 0 Å². The molecule has 0 aliphatic heterocycles. The highest BCUT2D eigenvalue weighted by Gasteiger charge is 2.17. The number of nitrogens with one attached hydrogen (secondary N) is 1. The van der Waals surface area contributed by atoms with E-state index in [1.165, 1.54) is 0 Å². The van der Waals surface area contributed by atoms with Gasteiger partial charge in [-0.3, -0.25) is 4.79 Å². The van der Waals surface area contributed by atoms with E-state index in [0.29, 0.717) is 17.3 Å². The Bertz CT molecular complexity index is 568. The van der Waals surface area contributed by atoms with Crippen LogP contribution in [-0.4, -0.2) is 16.0 Å². The summed E-state index contributed by atoms with van der Waals surface area (Å²) in [5.74, 6) is 0.755. The van der Waals surface area contributed by atoms with E-state index >= 15 is 0 Å². The first-order valence-electron chi connectivity index (χ1n) is 5.43. The minimum atomic E-state index is -0.328. The molecule has 0 radical (unpaired) electrons. The molecule has 0 aliphatic rings. The highest BCUT2D eigenvalue weighted by Crippen LogP contribution is 2.17. The van der Waals surface area contributed by atoms with Crippen LogP contribution in [0.25, 0.3) is 0 Å². The zero-order chi connectivity index (χ0) is 13.1. The lowest BCUT2D eigenvalue weighted by molar-refractivity contribution is 0.0931. The molecule has 0 saturated carbocycles. The predicted octanol–water partition coefficient (Wildman–Crippen LogP) is 2.63. The quantitative estimate of drug-likeness (QED) is 0.946. The summed E-state index contributed by atoms with van der Waals surface area (Å²) in [6.45, 7) is 3.52. The third-order valence-corrected chi connectivity index (χ3v) is 3.07. The molecule has 1 unspecified atom stereocenters. The van der Waals surface area contributed by atoms with Gasteiger partial charge in [-0.15, -0.1) is 0 Å².